The smallest absolute Gasteiger partial charge is 0.179 e. The molecule has 32 heavy (non-hydrogen) atoms. The summed E-state index contributed by atoms with van der Waals surface area (Å²) in [7, 11) is -3.51. The van der Waals surface area contributed by atoms with Crippen molar-refractivity contribution in [2.24, 2.45) is 16.9 Å². The summed E-state index contributed by atoms with van der Waals surface area (Å²) >= 11 is 0. The molecule has 2 aliphatic rings. The number of rotatable bonds is 5. The van der Waals surface area contributed by atoms with Gasteiger partial charge in [0.05, 0.1) is 27.3 Å². The fourth-order valence-corrected chi connectivity index (χ4v) is 7.16. The Kier molecular flexibility index (Phi) is 5.18. The van der Waals surface area contributed by atoms with Crippen molar-refractivity contribution in [1.29, 1.82) is 5.26 Å². The summed E-state index contributed by atoms with van der Waals surface area (Å²) in [6.07, 6.45) is 8.86. The highest BCUT2D eigenvalue weighted by atomic mass is 32.2. The summed E-state index contributed by atoms with van der Waals surface area (Å²) in [6.45, 7) is 0.674. The SMILES string of the molecule is N#Cc1ccccc1S(=O)(=O)CC1CCC(C2(c3ncnc4[nH]ccc34)C=NNC2)CC1. The van der Waals surface area contributed by atoms with Gasteiger partial charge in [0.1, 0.15) is 18.0 Å². The minimum absolute atomic E-state index is 0.0732. The molecule has 8 nitrogen and oxygen atoms in total. The fourth-order valence-electron chi connectivity index (χ4n) is 5.29. The average molecular weight is 449 g/mol. The zero-order valence-electron chi connectivity index (χ0n) is 17.5. The van der Waals surface area contributed by atoms with Gasteiger partial charge >= 0.3 is 0 Å². The maximum absolute atomic E-state index is 13.0. The molecular formula is C23H24N6O2S. The molecule has 3 heterocycles. The van der Waals surface area contributed by atoms with Crippen LogP contribution < -0.4 is 5.43 Å². The number of nitriles is 1. The van der Waals surface area contributed by atoms with E-state index in [2.05, 4.69) is 25.5 Å². The Morgan fingerprint density at radius 2 is 1.94 bits per heavy atom. The molecule has 1 aliphatic carbocycles. The summed E-state index contributed by atoms with van der Waals surface area (Å²) in [6, 6.07) is 10.5. The van der Waals surface area contributed by atoms with Crippen LogP contribution in [0.4, 0.5) is 0 Å². The average Bonchev–Trinajstić information content (AvgIpc) is 3.49. The Labute approximate surface area is 186 Å². The molecule has 2 aromatic heterocycles. The van der Waals surface area contributed by atoms with Crippen molar-refractivity contribution in [2.75, 3.05) is 12.3 Å². The number of hydrazone groups is 1. The highest BCUT2D eigenvalue weighted by molar-refractivity contribution is 7.91. The van der Waals surface area contributed by atoms with Crippen LogP contribution in [-0.4, -0.2) is 41.9 Å². The first-order valence-electron chi connectivity index (χ1n) is 10.8. The van der Waals surface area contributed by atoms with Gasteiger partial charge in [-0.3, -0.25) is 0 Å². The lowest BCUT2D eigenvalue weighted by Crippen LogP contribution is -2.43. The molecule has 1 atom stereocenters. The zero-order chi connectivity index (χ0) is 22.2. The summed E-state index contributed by atoms with van der Waals surface area (Å²) in [4.78, 5) is 12.3. The third-order valence-electron chi connectivity index (χ3n) is 6.93. The number of benzene rings is 1. The van der Waals surface area contributed by atoms with E-state index in [4.69, 9.17) is 0 Å². The molecule has 1 aromatic carbocycles. The molecular weight excluding hydrogens is 424 g/mol. The predicted molar refractivity (Wildman–Crippen MR) is 121 cm³/mol. The van der Waals surface area contributed by atoms with Crippen LogP contribution in [-0.2, 0) is 15.3 Å². The monoisotopic (exact) mass is 448 g/mol. The van der Waals surface area contributed by atoms with Crippen molar-refractivity contribution in [2.45, 2.75) is 36.0 Å². The number of fused-ring (bicyclic) bond motifs is 1. The lowest BCUT2D eigenvalue weighted by molar-refractivity contribution is 0.227. The molecule has 0 radical (unpaired) electrons. The minimum atomic E-state index is -3.51. The molecule has 9 heteroatoms. The molecule has 0 amide bonds. The van der Waals surface area contributed by atoms with Gasteiger partial charge in [-0.2, -0.15) is 10.4 Å². The number of aromatic nitrogens is 3. The Morgan fingerprint density at radius 3 is 2.69 bits per heavy atom. The number of nitrogens with zero attached hydrogens (tertiary/aromatic N) is 4. The van der Waals surface area contributed by atoms with E-state index >= 15 is 0 Å². The Hall–Kier alpha value is -3.25. The summed E-state index contributed by atoms with van der Waals surface area (Å²) in [5, 5.41) is 14.6. The van der Waals surface area contributed by atoms with Crippen LogP contribution in [0.1, 0.15) is 36.9 Å². The molecule has 1 fully saturated rings. The predicted octanol–water partition coefficient (Wildman–Crippen LogP) is 2.94. The normalized spacial score (nSPS) is 25.5. The second kappa shape index (κ2) is 8.02. The van der Waals surface area contributed by atoms with E-state index in [1.54, 1.807) is 24.5 Å². The van der Waals surface area contributed by atoms with Gasteiger partial charge in [0, 0.05) is 24.3 Å². The lowest BCUT2D eigenvalue weighted by Gasteiger charge is -2.39. The number of nitrogens with one attached hydrogen (secondary N) is 2. The van der Waals surface area contributed by atoms with E-state index in [-0.39, 0.29) is 27.5 Å². The second-order valence-electron chi connectivity index (χ2n) is 8.70. The van der Waals surface area contributed by atoms with Crippen molar-refractivity contribution in [3.63, 3.8) is 0 Å². The van der Waals surface area contributed by atoms with E-state index in [9.17, 15) is 13.7 Å². The topological polar surface area (TPSA) is 124 Å². The van der Waals surface area contributed by atoms with Crippen molar-refractivity contribution in [3.05, 3.63) is 54.1 Å². The summed E-state index contributed by atoms with van der Waals surface area (Å²) < 4.78 is 26.0. The molecule has 0 bridgehead atoms. The molecule has 1 saturated carbocycles. The first kappa shape index (κ1) is 20.6. The molecule has 3 aromatic rings. The Morgan fingerprint density at radius 1 is 1.12 bits per heavy atom. The van der Waals surface area contributed by atoms with Gasteiger partial charge < -0.3 is 10.4 Å². The van der Waals surface area contributed by atoms with E-state index in [1.807, 2.05) is 24.5 Å². The number of hydrogen-bond donors (Lipinski definition) is 2. The minimum Gasteiger partial charge on any atom is -0.346 e. The first-order valence-corrected chi connectivity index (χ1v) is 12.5. The van der Waals surface area contributed by atoms with Crippen LogP contribution in [0.5, 0.6) is 0 Å². The summed E-state index contributed by atoms with van der Waals surface area (Å²) in [5.74, 6) is 0.455. The van der Waals surface area contributed by atoms with Gasteiger partial charge in [-0.05, 0) is 55.7 Å². The van der Waals surface area contributed by atoms with Crippen molar-refractivity contribution in [3.8, 4) is 6.07 Å². The van der Waals surface area contributed by atoms with Gasteiger partial charge in [-0.1, -0.05) is 12.1 Å². The van der Waals surface area contributed by atoms with E-state index < -0.39 is 9.84 Å². The second-order valence-corrected chi connectivity index (χ2v) is 10.7. The molecule has 2 N–H and O–H groups in total. The van der Waals surface area contributed by atoms with Gasteiger partial charge in [0.15, 0.2) is 9.84 Å². The number of aromatic amines is 1. The Bertz CT molecular complexity index is 1320. The van der Waals surface area contributed by atoms with Crippen molar-refractivity contribution in [1.82, 2.24) is 20.4 Å². The largest absolute Gasteiger partial charge is 0.346 e. The van der Waals surface area contributed by atoms with Crippen molar-refractivity contribution >= 4 is 27.1 Å². The molecule has 1 aliphatic heterocycles. The summed E-state index contributed by atoms with van der Waals surface area (Å²) in [5.41, 5.74) is 4.78. The van der Waals surface area contributed by atoms with Gasteiger partial charge in [-0.15, -0.1) is 0 Å². The van der Waals surface area contributed by atoms with E-state index in [0.29, 0.717) is 12.5 Å². The maximum atomic E-state index is 13.0. The van der Waals surface area contributed by atoms with Gasteiger partial charge in [0.25, 0.3) is 0 Å². The quantitative estimate of drug-likeness (QED) is 0.618. The molecule has 5 rings (SSSR count). The lowest BCUT2D eigenvalue weighted by atomic mass is 9.65. The highest BCUT2D eigenvalue weighted by Gasteiger charge is 2.45. The van der Waals surface area contributed by atoms with E-state index in [1.165, 1.54) is 6.07 Å². The molecule has 164 valence electrons. The maximum Gasteiger partial charge on any atom is 0.179 e. The number of sulfone groups is 1. The highest BCUT2D eigenvalue weighted by Crippen LogP contribution is 2.44. The van der Waals surface area contributed by atoms with Gasteiger partial charge in [-0.25, -0.2) is 18.4 Å². The Balaban J connectivity index is 1.35. The number of hydrogen-bond acceptors (Lipinski definition) is 7. The third-order valence-corrected chi connectivity index (χ3v) is 8.86. The van der Waals surface area contributed by atoms with Crippen LogP contribution in [0.2, 0.25) is 0 Å². The van der Waals surface area contributed by atoms with Crippen LogP contribution in [0.25, 0.3) is 11.0 Å². The van der Waals surface area contributed by atoms with Crippen molar-refractivity contribution < 1.29 is 8.42 Å². The van der Waals surface area contributed by atoms with Gasteiger partial charge in [0.2, 0.25) is 0 Å². The molecule has 1 unspecified atom stereocenters. The standard InChI is InChI=1S/C23H24N6O2S/c24-11-17-3-1-2-4-20(17)32(30,31)12-16-5-7-18(8-6-16)23(13-28-29-14-23)21-19-9-10-25-22(19)27-15-26-21/h1-4,9-10,13,15-16,18,29H,5-8,12,14H2,(H,25,26,27). The third kappa shape index (κ3) is 3.45. The molecule has 0 saturated heterocycles. The van der Waals surface area contributed by atoms with E-state index in [0.717, 1.165) is 42.4 Å². The van der Waals surface area contributed by atoms with Crippen LogP contribution in [0.3, 0.4) is 0 Å². The fraction of sp³-hybridized carbons (Fsp3) is 0.391. The molecule has 0 spiro atoms. The first-order chi connectivity index (χ1) is 15.5. The number of H-pyrrole nitrogens is 1. The van der Waals surface area contributed by atoms with Crippen LogP contribution >= 0.6 is 0 Å². The van der Waals surface area contributed by atoms with Crippen LogP contribution in [0.15, 0.2) is 52.9 Å². The van der Waals surface area contributed by atoms with Crippen LogP contribution in [0, 0.1) is 23.2 Å². The zero-order valence-corrected chi connectivity index (χ0v) is 18.3.